The van der Waals surface area contributed by atoms with Crippen LogP contribution in [0, 0.1) is 0 Å². The molecule has 0 unspecified atom stereocenters. The van der Waals surface area contributed by atoms with E-state index < -0.39 is 11.3 Å². The maximum Gasteiger partial charge on any atom is 0.264 e. The van der Waals surface area contributed by atoms with Gasteiger partial charge in [-0.3, -0.25) is 14.5 Å². The first-order valence-corrected chi connectivity index (χ1v) is 10.7. The van der Waals surface area contributed by atoms with Crippen LogP contribution in [0.2, 0.25) is 0 Å². The lowest BCUT2D eigenvalue weighted by Gasteiger charge is -2.21. The number of anilines is 1. The highest BCUT2D eigenvalue weighted by Crippen LogP contribution is 2.32. The van der Waals surface area contributed by atoms with Crippen molar-refractivity contribution in [1.29, 1.82) is 0 Å². The van der Waals surface area contributed by atoms with Crippen molar-refractivity contribution in [2.75, 3.05) is 32.8 Å². The predicted octanol–water partition coefficient (Wildman–Crippen LogP) is 4.08. The number of fused-ring (bicyclic) bond motifs is 1. The van der Waals surface area contributed by atoms with Crippen molar-refractivity contribution in [3.63, 3.8) is 0 Å². The Balaban J connectivity index is 1.99. The van der Waals surface area contributed by atoms with Gasteiger partial charge < -0.3 is 18.8 Å². The molecule has 0 bridgehead atoms. The lowest BCUT2D eigenvalue weighted by molar-refractivity contribution is 0.0986. The van der Waals surface area contributed by atoms with E-state index in [0.717, 1.165) is 5.69 Å². The van der Waals surface area contributed by atoms with Crippen LogP contribution in [0.4, 0.5) is 5.82 Å². The molecule has 8 heteroatoms. The molecule has 2 heterocycles. The zero-order valence-electron chi connectivity index (χ0n) is 19.4. The molecule has 1 amide bonds. The van der Waals surface area contributed by atoms with E-state index in [-0.39, 0.29) is 5.56 Å². The summed E-state index contributed by atoms with van der Waals surface area (Å²) in [7, 11) is 4.62. The van der Waals surface area contributed by atoms with Gasteiger partial charge in [-0.05, 0) is 49.4 Å². The summed E-state index contributed by atoms with van der Waals surface area (Å²) in [5.41, 5.74) is 0.932. The van der Waals surface area contributed by atoms with Crippen molar-refractivity contribution >= 4 is 22.6 Å². The van der Waals surface area contributed by atoms with E-state index >= 15 is 0 Å². The van der Waals surface area contributed by atoms with Crippen LogP contribution >= 0.6 is 0 Å². The normalized spacial score (nSPS) is 10.7. The smallest absolute Gasteiger partial charge is 0.264 e. The number of hydrogen-bond acceptors (Lipinski definition) is 6. The highest BCUT2D eigenvalue weighted by atomic mass is 16.5. The number of rotatable bonds is 7. The zero-order valence-corrected chi connectivity index (χ0v) is 19.4. The fraction of sp³-hybridized carbons (Fsp3) is 0.192. The topological polar surface area (TPSA) is 82.9 Å². The summed E-state index contributed by atoms with van der Waals surface area (Å²) in [6.07, 6.45) is 3.17. The first kappa shape index (κ1) is 22.8. The average Bonchev–Trinajstić information content (AvgIpc) is 2.89. The molecule has 34 heavy (non-hydrogen) atoms. The Morgan fingerprint density at radius 3 is 2.26 bits per heavy atom. The summed E-state index contributed by atoms with van der Waals surface area (Å²) in [5.74, 6) is 1.59. The van der Waals surface area contributed by atoms with Gasteiger partial charge in [0.15, 0.2) is 11.5 Å². The summed E-state index contributed by atoms with van der Waals surface area (Å²) in [4.78, 5) is 32.9. The van der Waals surface area contributed by atoms with Gasteiger partial charge in [-0.25, -0.2) is 4.98 Å². The molecule has 2 aromatic carbocycles. The molecule has 0 aliphatic rings. The molecular weight excluding hydrogens is 434 g/mol. The molecule has 0 saturated heterocycles. The molecule has 8 nitrogen and oxygen atoms in total. The van der Waals surface area contributed by atoms with Crippen molar-refractivity contribution in [3.8, 4) is 22.9 Å². The molecular formula is C26H25N3O5. The van der Waals surface area contributed by atoms with Gasteiger partial charge in [-0.2, -0.15) is 0 Å². The van der Waals surface area contributed by atoms with E-state index in [4.69, 9.17) is 14.2 Å². The predicted molar refractivity (Wildman–Crippen MR) is 131 cm³/mol. The average molecular weight is 460 g/mol. The monoisotopic (exact) mass is 459 g/mol. The number of ether oxygens (including phenoxy) is 3. The van der Waals surface area contributed by atoms with Crippen LogP contribution in [0.15, 0.2) is 71.8 Å². The third kappa shape index (κ3) is 4.05. The minimum Gasteiger partial charge on any atom is -0.497 e. The van der Waals surface area contributed by atoms with Gasteiger partial charge in [0, 0.05) is 30.7 Å². The Hall–Kier alpha value is -4.33. The quantitative estimate of drug-likeness (QED) is 0.414. The number of carbonyl (C=O) groups is 1. The van der Waals surface area contributed by atoms with Crippen LogP contribution in [0.1, 0.15) is 17.3 Å². The summed E-state index contributed by atoms with van der Waals surface area (Å²) in [5, 5.41) is 0.330. The Morgan fingerprint density at radius 1 is 0.971 bits per heavy atom. The van der Waals surface area contributed by atoms with Crippen molar-refractivity contribution in [3.05, 3.63) is 82.8 Å². The number of pyridine rings is 2. The van der Waals surface area contributed by atoms with Gasteiger partial charge in [0.2, 0.25) is 5.43 Å². The SMILES string of the molecule is CCN(C(=O)c1cn(-c2ccc(OC)cc2)c2cc(OC)c(OC)cc2c1=O)c1ccccn1. The number of methoxy groups -OCH3 is 3. The van der Waals surface area contributed by atoms with Crippen LogP contribution in [0.5, 0.6) is 17.2 Å². The Labute approximate surface area is 196 Å². The molecule has 0 fully saturated rings. The number of hydrogen-bond donors (Lipinski definition) is 0. The van der Waals surface area contributed by atoms with Crippen molar-refractivity contribution < 1.29 is 19.0 Å². The molecule has 0 aliphatic heterocycles. The molecule has 0 atom stereocenters. The van der Waals surface area contributed by atoms with E-state index in [0.29, 0.717) is 40.5 Å². The van der Waals surface area contributed by atoms with Crippen molar-refractivity contribution in [2.45, 2.75) is 6.92 Å². The molecule has 0 radical (unpaired) electrons. The number of amides is 1. The Kier molecular flexibility index (Phi) is 6.49. The first-order chi connectivity index (χ1) is 16.5. The molecule has 4 aromatic rings. The first-order valence-electron chi connectivity index (χ1n) is 10.7. The lowest BCUT2D eigenvalue weighted by Crippen LogP contribution is -2.35. The minimum atomic E-state index is -0.440. The largest absolute Gasteiger partial charge is 0.497 e. The van der Waals surface area contributed by atoms with E-state index in [1.54, 1.807) is 54.4 Å². The minimum absolute atomic E-state index is 0.0167. The molecule has 174 valence electrons. The van der Waals surface area contributed by atoms with Gasteiger partial charge >= 0.3 is 0 Å². The second-order valence-electron chi connectivity index (χ2n) is 7.40. The van der Waals surface area contributed by atoms with Gasteiger partial charge in [-0.15, -0.1) is 0 Å². The van der Waals surface area contributed by atoms with Gasteiger partial charge in [0.25, 0.3) is 5.91 Å². The van der Waals surface area contributed by atoms with Crippen LogP contribution < -0.4 is 24.5 Å². The number of nitrogens with zero attached hydrogens (tertiary/aromatic N) is 3. The molecule has 2 aromatic heterocycles. The fourth-order valence-electron chi connectivity index (χ4n) is 3.83. The van der Waals surface area contributed by atoms with Gasteiger partial charge in [-0.1, -0.05) is 6.07 Å². The summed E-state index contributed by atoms with van der Waals surface area (Å²) >= 11 is 0. The molecule has 0 saturated carbocycles. The van der Waals surface area contributed by atoms with Crippen LogP contribution in [-0.4, -0.2) is 43.3 Å². The van der Waals surface area contributed by atoms with Crippen LogP contribution in [-0.2, 0) is 0 Å². The van der Waals surface area contributed by atoms with Crippen LogP contribution in [0.25, 0.3) is 16.6 Å². The number of carbonyl (C=O) groups excluding carboxylic acids is 1. The molecule has 4 rings (SSSR count). The summed E-state index contributed by atoms with van der Waals surface area (Å²) in [6, 6.07) is 16.0. The standard InChI is InChI=1S/C26H25N3O5/c1-5-28(24-8-6-7-13-27-24)26(31)20-16-29(17-9-11-18(32-2)12-10-17)21-15-23(34-4)22(33-3)14-19(21)25(20)30/h6-16H,5H2,1-4H3. The van der Waals surface area contributed by atoms with Gasteiger partial charge in [0.1, 0.15) is 17.1 Å². The van der Waals surface area contributed by atoms with E-state index in [2.05, 4.69) is 4.98 Å². The van der Waals surface area contributed by atoms with E-state index in [1.807, 2.05) is 31.2 Å². The van der Waals surface area contributed by atoms with E-state index in [1.165, 1.54) is 19.1 Å². The number of benzene rings is 2. The Bertz CT molecular complexity index is 1380. The maximum absolute atomic E-state index is 13.6. The van der Waals surface area contributed by atoms with Gasteiger partial charge in [0.05, 0.1) is 32.2 Å². The van der Waals surface area contributed by atoms with E-state index in [9.17, 15) is 9.59 Å². The van der Waals surface area contributed by atoms with Crippen molar-refractivity contribution in [1.82, 2.24) is 9.55 Å². The lowest BCUT2D eigenvalue weighted by atomic mass is 10.1. The molecule has 0 N–H and O–H groups in total. The highest BCUT2D eigenvalue weighted by molar-refractivity contribution is 6.07. The third-order valence-electron chi connectivity index (χ3n) is 5.58. The Morgan fingerprint density at radius 2 is 1.68 bits per heavy atom. The van der Waals surface area contributed by atoms with Crippen molar-refractivity contribution in [2.24, 2.45) is 0 Å². The second kappa shape index (κ2) is 9.66. The highest BCUT2D eigenvalue weighted by Gasteiger charge is 2.24. The number of aromatic nitrogens is 2. The third-order valence-corrected chi connectivity index (χ3v) is 5.58. The van der Waals surface area contributed by atoms with Crippen LogP contribution in [0.3, 0.4) is 0 Å². The molecule has 0 spiro atoms. The summed E-state index contributed by atoms with van der Waals surface area (Å²) < 4.78 is 17.9. The summed E-state index contributed by atoms with van der Waals surface area (Å²) in [6.45, 7) is 2.19. The fourth-order valence-corrected chi connectivity index (χ4v) is 3.83. The maximum atomic E-state index is 13.6. The second-order valence-corrected chi connectivity index (χ2v) is 7.40. The zero-order chi connectivity index (χ0) is 24.2. The molecule has 0 aliphatic carbocycles.